The Labute approximate surface area is 166 Å². The highest BCUT2D eigenvalue weighted by molar-refractivity contribution is 8.18. The summed E-state index contributed by atoms with van der Waals surface area (Å²) in [5.74, 6) is -0.202. The van der Waals surface area contributed by atoms with Crippen molar-refractivity contribution in [3.05, 3.63) is 58.0 Å². The number of imide groups is 1. The van der Waals surface area contributed by atoms with E-state index in [-0.39, 0.29) is 27.7 Å². The van der Waals surface area contributed by atoms with Gasteiger partial charge in [0.1, 0.15) is 11.8 Å². The first-order chi connectivity index (χ1) is 13.7. The van der Waals surface area contributed by atoms with Crippen LogP contribution in [0.4, 0.5) is 18.0 Å². The molecule has 6 nitrogen and oxygen atoms in total. The van der Waals surface area contributed by atoms with Crippen molar-refractivity contribution in [2.75, 3.05) is 7.11 Å². The van der Waals surface area contributed by atoms with Crippen LogP contribution in [0.2, 0.25) is 0 Å². The van der Waals surface area contributed by atoms with E-state index in [1.807, 2.05) is 0 Å². The number of nitrogens with one attached hydrogen (secondary N) is 1. The first-order valence-corrected chi connectivity index (χ1v) is 8.75. The summed E-state index contributed by atoms with van der Waals surface area (Å²) >= 11 is 0.759. The Hall–Kier alpha value is -3.45. The second-order valence-electron chi connectivity index (χ2n) is 5.69. The van der Waals surface area contributed by atoms with Crippen LogP contribution in [0.25, 0.3) is 6.08 Å². The van der Waals surface area contributed by atoms with Crippen molar-refractivity contribution in [1.82, 2.24) is 5.32 Å². The van der Waals surface area contributed by atoms with Gasteiger partial charge in [-0.3, -0.25) is 14.9 Å². The SMILES string of the molecule is COc1cc(C=C2SC(=O)NC2=O)ccc1Oc1ccc(C(F)(F)F)cc1C#N. The van der Waals surface area contributed by atoms with Crippen LogP contribution in [-0.2, 0) is 11.0 Å². The summed E-state index contributed by atoms with van der Waals surface area (Å²) in [5.41, 5.74) is -0.711. The fraction of sp³-hybridized carbons (Fsp3) is 0.105. The number of nitriles is 1. The third-order valence-electron chi connectivity index (χ3n) is 3.77. The lowest BCUT2D eigenvalue weighted by Gasteiger charge is -2.13. The molecule has 1 N–H and O–H groups in total. The highest BCUT2D eigenvalue weighted by atomic mass is 32.2. The van der Waals surface area contributed by atoms with Crippen molar-refractivity contribution in [3.63, 3.8) is 0 Å². The number of nitrogens with zero attached hydrogens (tertiary/aromatic N) is 1. The monoisotopic (exact) mass is 420 g/mol. The molecule has 0 aliphatic carbocycles. The van der Waals surface area contributed by atoms with Gasteiger partial charge < -0.3 is 9.47 Å². The van der Waals surface area contributed by atoms with Crippen LogP contribution in [0, 0.1) is 11.3 Å². The average molecular weight is 420 g/mol. The first-order valence-electron chi connectivity index (χ1n) is 7.93. The van der Waals surface area contributed by atoms with Crippen LogP contribution in [0.3, 0.4) is 0 Å². The third-order valence-corrected chi connectivity index (χ3v) is 4.59. The fourth-order valence-electron chi connectivity index (χ4n) is 2.43. The van der Waals surface area contributed by atoms with Crippen molar-refractivity contribution >= 4 is 29.0 Å². The molecular weight excluding hydrogens is 409 g/mol. The third kappa shape index (κ3) is 4.52. The van der Waals surface area contributed by atoms with E-state index in [9.17, 15) is 22.8 Å². The molecule has 3 rings (SSSR count). The largest absolute Gasteiger partial charge is 0.493 e. The Morgan fingerprint density at radius 1 is 1.10 bits per heavy atom. The molecule has 1 aliphatic heterocycles. The molecule has 0 unspecified atom stereocenters. The Kier molecular flexibility index (Phi) is 5.52. The molecule has 0 radical (unpaired) electrons. The molecule has 148 valence electrons. The number of methoxy groups -OCH3 is 1. The second-order valence-corrected chi connectivity index (χ2v) is 6.70. The summed E-state index contributed by atoms with van der Waals surface area (Å²) < 4.78 is 49.3. The number of rotatable bonds is 4. The fourth-order valence-corrected chi connectivity index (χ4v) is 3.11. The molecule has 2 aromatic rings. The normalized spacial score (nSPS) is 15.2. The quantitative estimate of drug-likeness (QED) is 0.722. The van der Waals surface area contributed by atoms with Crippen LogP contribution in [0.5, 0.6) is 17.2 Å². The van der Waals surface area contributed by atoms with Gasteiger partial charge in [0.15, 0.2) is 11.5 Å². The minimum Gasteiger partial charge on any atom is -0.493 e. The van der Waals surface area contributed by atoms with E-state index in [2.05, 4.69) is 5.32 Å². The predicted molar refractivity (Wildman–Crippen MR) is 98.3 cm³/mol. The number of alkyl halides is 3. The van der Waals surface area contributed by atoms with Crippen molar-refractivity contribution in [2.24, 2.45) is 0 Å². The topological polar surface area (TPSA) is 88.4 Å². The zero-order valence-electron chi connectivity index (χ0n) is 14.7. The molecule has 1 fully saturated rings. The molecule has 1 aliphatic rings. The van der Waals surface area contributed by atoms with E-state index in [4.69, 9.17) is 14.7 Å². The molecule has 29 heavy (non-hydrogen) atoms. The van der Waals surface area contributed by atoms with E-state index < -0.39 is 22.9 Å². The minimum absolute atomic E-state index is 0.0683. The van der Waals surface area contributed by atoms with Crippen LogP contribution in [0.1, 0.15) is 16.7 Å². The van der Waals surface area contributed by atoms with Crippen molar-refractivity contribution in [2.45, 2.75) is 6.18 Å². The number of halogens is 3. The first kappa shape index (κ1) is 20.3. The van der Waals surface area contributed by atoms with Gasteiger partial charge in [0.2, 0.25) is 0 Å². The van der Waals surface area contributed by atoms with Crippen molar-refractivity contribution in [1.29, 1.82) is 5.26 Å². The standard InChI is InChI=1S/C19H11F3N2O4S/c1-27-15-6-10(7-16-17(25)24-18(26)29-16)2-4-14(15)28-13-5-3-12(19(20,21)22)8-11(13)9-23/h2-8H,1H3,(H,24,25,26). The van der Waals surface area contributed by atoms with Crippen molar-refractivity contribution < 1.29 is 32.2 Å². The predicted octanol–water partition coefficient (Wildman–Crippen LogP) is 4.70. The van der Waals surface area contributed by atoms with Crippen LogP contribution < -0.4 is 14.8 Å². The lowest BCUT2D eigenvalue weighted by Crippen LogP contribution is -2.17. The van der Waals surface area contributed by atoms with Gasteiger partial charge in [-0.05, 0) is 53.7 Å². The number of carbonyl (C=O) groups is 2. The maximum atomic E-state index is 12.8. The molecule has 1 saturated heterocycles. The Morgan fingerprint density at radius 3 is 2.41 bits per heavy atom. The van der Waals surface area contributed by atoms with Crippen molar-refractivity contribution in [3.8, 4) is 23.3 Å². The lowest BCUT2D eigenvalue weighted by molar-refractivity contribution is -0.137. The lowest BCUT2D eigenvalue weighted by atomic mass is 10.1. The molecule has 0 bridgehead atoms. The minimum atomic E-state index is -4.58. The van der Waals surface area contributed by atoms with E-state index in [1.54, 1.807) is 12.1 Å². The van der Waals surface area contributed by atoms with E-state index in [1.165, 1.54) is 25.3 Å². The zero-order chi connectivity index (χ0) is 21.2. The van der Waals surface area contributed by atoms with E-state index in [0.717, 1.165) is 23.9 Å². The number of carbonyl (C=O) groups excluding carboxylic acids is 2. The second kappa shape index (κ2) is 7.89. The highest BCUT2D eigenvalue weighted by Crippen LogP contribution is 2.37. The Balaban J connectivity index is 1.91. The molecular formula is C19H11F3N2O4S. The maximum Gasteiger partial charge on any atom is 0.416 e. The summed E-state index contributed by atoms with van der Waals surface area (Å²) in [6.45, 7) is 0. The Morgan fingerprint density at radius 2 is 1.83 bits per heavy atom. The molecule has 0 spiro atoms. The number of ether oxygens (including phenoxy) is 2. The molecule has 0 aromatic heterocycles. The zero-order valence-corrected chi connectivity index (χ0v) is 15.5. The van der Waals surface area contributed by atoms with Gasteiger partial charge in [0.05, 0.1) is 23.1 Å². The maximum absolute atomic E-state index is 12.8. The number of thioether (sulfide) groups is 1. The summed E-state index contributed by atoms with van der Waals surface area (Å²) in [6, 6.07) is 8.82. The summed E-state index contributed by atoms with van der Waals surface area (Å²) in [7, 11) is 1.36. The number of hydrogen-bond donors (Lipinski definition) is 1. The van der Waals surface area contributed by atoms with Crippen LogP contribution >= 0.6 is 11.8 Å². The smallest absolute Gasteiger partial charge is 0.416 e. The van der Waals surface area contributed by atoms with Crippen LogP contribution in [0.15, 0.2) is 41.3 Å². The van der Waals surface area contributed by atoms with Gasteiger partial charge in [-0.1, -0.05) is 6.07 Å². The Bertz CT molecular complexity index is 1070. The summed E-state index contributed by atoms with van der Waals surface area (Å²) in [5, 5.41) is 10.8. The van der Waals surface area contributed by atoms with Gasteiger partial charge in [0, 0.05) is 0 Å². The van der Waals surface area contributed by atoms with Crippen LogP contribution in [-0.4, -0.2) is 18.3 Å². The summed E-state index contributed by atoms with van der Waals surface area (Å²) in [6.07, 6.45) is -3.10. The molecule has 1 heterocycles. The number of hydrogen-bond acceptors (Lipinski definition) is 6. The van der Waals surface area contributed by atoms with Gasteiger partial charge in [-0.2, -0.15) is 18.4 Å². The van der Waals surface area contributed by atoms with Gasteiger partial charge in [0.25, 0.3) is 11.1 Å². The average Bonchev–Trinajstić information content (AvgIpc) is 2.99. The van der Waals surface area contributed by atoms with Gasteiger partial charge in [-0.25, -0.2) is 0 Å². The molecule has 2 aromatic carbocycles. The molecule has 0 saturated carbocycles. The molecule has 0 atom stereocenters. The molecule has 10 heteroatoms. The molecule has 2 amide bonds. The highest BCUT2D eigenvalue weighted by Gasteiger charge is 2.31. The number of amides is 2. The van der Waals surface area contributed by atoms with E-state index in [0.29, 0.717) is 11.6 Å². The summed E-state index contributed by atoms with van der Waals surface area (Å²) in [4.78, 5) is 23.1. The van der Waals surface area contributed by atoms with Gasteiger partial charge in [-0.15, -0.1) is 0 Å². The number of benzene rings is 2. The van der Waals surface area contributed by atoms with Gasteiger partial charge >= 0.3 is 6.18 Å². The van der Waals surface area contributed by atoms with E-state index >= 15 is 0 Å².